The lowest BCUT2D eigenvalue weighted by Crippen LogP contribution is -2.23. The maximum atomic E-state index is 11.3. The summed E-state index contributed by atoms with van der Waals surface area (Å²) in [6, 6.07) is 8.31. The van der Waals surface area contributed by atoms with E-state index in [0.29, 0.717) is 19.0 Å². The highest BCUT2D eigenvalue weighted by molar-refractivity contribution is 7.99. The second-order valence-corrected chi connectivity index (χ2v) is 7.18. The first-order chi connectivity index (χ1) is 12.1. The second-order valence-electron chi connectivity index (χ2n) is 6.01. The molecule has 1 fully saturated rings. The van der Waals surface area contributed by atoms with Crippen molar-refractivity contribution in [2.75, 3.05) is 25.6 Å². The summed E-state index contributed by atoms with van der Waals surface area (Å²) in [4.78, 5) is 23.2. The Morgan fingerprint density at radius 1 is 1.20 bits per heavy atom. The number of hydrogen-bond donors (Lipinski definition) is 0. The van der Waals surface area contributed by atoms with Crippen LogP contribution in [0.25, 0.3) is 0 Å². The van der Waals surface area contributed by atoms with Gasteiger partial charge in [-0.2, -0.15) is 0 Å². The highest BCUT2D eigenvalue weighted by atomic mass is 32.2. The van der Waals surface area contributed by atoms with Gasteiger partial charge in [0.05, 0.1) is 6.61 Å². The number of rotatable bonds is 10. The van der Waals surface area contributed by atoms with Crippen LogP contribution in [0.4, 0.5) is 0 Å². The van der Waals surface area contributed by atoms with E-state index in [1.54, 1.807) is 11.8 Å². The normalized spacial score (nSPS) is 17.2. The number of Topliss-reactive ketones (excluding diaryl/α,β-unsaturated/α-hetero) is 1. The van der Waals surface area contributed by atoms with Crippen LogP contribution in [0.3, 0.4) is 0 Å². The molecule has 1 aliphatic rings. The molecule has 1 aromatic rings. The molecule has 0 saturated carbocycles. The fraction of sp³-hybridized carbons (Fsp3) is 0.579. The van der Waals surface area contributed by atoms with Crippen molar-refractivity contribution in [2.24, 2.45) is 0 Å². The number of ether oxygens (including phenoxy) is 3. The Hall–Kier alpha value is -1.37. The van der Waals surface area contributed by atoms with Gasteiger partial charge < -0.3 is 14.2 Å². The van der Waals surface area contributed by atoms with Crippen molar-refractivity contribution in [3.05, 3.63) is 29.8 Å². The zero-order valence-corrected chi connectivity index (χ0v) is 15.5. The van der Waals surface area contributed by atoms with Crippen LogP contribution >= 0.6 is 11.8 Å². The van der Waals surface area contributed by atoms with E-state index in [4.69, 9.17) is 14.2 Å². The summed E-state index contributed by atoms with van der Waals surface area (Å²) >= 11 is 1.62. The van der Waals surface area contributed by atoms with Gasteiger partial charge in [0.15, 0.2) is 6.29 Å². The molecular weight excluding hydrogens is 340 g/mol. The molecule has 0 spiro atoms. The SMILES string of the molecule is CC(=O)CC(=O)OCCSc1ccc(CCOC2CCCCO2)cc1. The molecule has 1 aromatic carbocycles. The molecule has 0 aliphatic carbocycles. The van der Waals surface area contributed by atoms with Crippen LogP contribution in [0.5, 0.6) is 0 Å². The minimum atomic E-state index is -0.453. The van der Waals surface area contributed by atoms with Crippen LogP contribution in [0, 0.1) is 0 Å². The fourth-order valence-electron chi connectivity index (χ4n) is 2.47. The van der Waals surface area contributed by atoms with Crippen LogP contribution in [0.15, 0.2) is 29.2 Å². The minimum Gasteiger partial charge on any atom is -0.464 e. The first kappa shape index (κ1) is 19.9. The highest BCUT2D eigenvalue weighted by Gasteiger charge is 2.13. The van der Waals surface area contributed by atoms with Gasteiger partial charge in [0.1, 0.15) is 18.8 Å². The topological polar surface area (TPSA) is 61.8 Å². The molecule has 1 atom stereocenters. The number of carbonyl (C=O) groups excluding carboxylic acids is 2. The molecule has 6 heteroatoms. The quantitative estimate of drug-likeness (QED) is 0.274. The van der Waals surface area contributed by atoms with E-state index in [1.165, 1.54) is 18.9 Å². The van der Waals surface area contributed by atoms with Gasteiger partial charge in [-0.05, 0) is 50.3 Å². The van der Waals surface area contributed by atoms with E-state index in [1.807, 2.05) is 0 Å². The number of thioether (sulfide) groups is 1. The summed E-state index contributed by atoms with van der Waals surface area (Å²) in [5, 5.41) is 0. The minimum absolute atomic E-state index is 0.0331. The molecule has 138 valence electrons. The van der Waals surface area contributed by atoms with Gasteiger partial charge in [-0.1, -0.05) is 12.1 Å². The Morgan fingerprint density at radius 3 is 2.68 bits per heavy atom. The molecular formula is C19H26O5S. The van der Waals surface area contributed by atoms with Crippen molar-refractivity contribution >= 4 is 23.5 Å². The second kappa shape index (κ2) is 11.3. The van der Waals surface area contributed by atoms with Crippen molar-refractivity contribution < 1.29 is 23.8 Å². The number of ketones is 1. The lowest BCUT2D eigenvalue weighted by atomic mass is 10.1. The molecule has 0 radical (unpaired) electrons. The molecule has 1 aliphatic heterocycles. The summed E-state index contributed by atoms with van der Waals surface area (Å²) in [6.07, 6.45) is 4.00. The maximum Gasteiger partial charge on any atom is 0.313 e. The van der Waals surface area contributed by atoms with E-state index in [-0.39, 0.29) is 18.5 Å². The average molecular weight is 366 g/mol. The van der Waals surface area contributed by atoms with Gasteiger partial charge in [-0.25, -0.2) is 0 Å². The van der Waals surface area contributed by atoms with E-state index >= 15 is 0 Å². The zero-order valence-electron chi connectivity index (χ0n) is 14.7. The molecule has 0 amide bonds. The number of benzene rings is 1. The molecule has 0 bridgehead atoms. The number of hydrogen-bond acceptors (Lipinski definition) is 6. The van der Waals surface area contributed by atoms with Gasteiger partial charge in [0, 0.05) is 17.3 Å². The predicted octanol–water partition coefficient (Wildman–Crippen LogP) is 3.39. The third kappa shape index (κ3) is 8.52. The monoisotopic (exact) mass is 366 g/mol. The van der Waals surface area contributed by atoms with E-state index in [9.17, 15) is 9.59 Å². The van der Waals surface area contributed by atoms with Gasteiger partial charge >= 0.3 is 5.97 Å². The molecule has 0 aromatic heterocycles. The molecule has 2 rings (SSSR count). The predicted molar refractivity (Wildman–Crippen MR) is 96.7 cm³/mol. The van der Waals surface area contributed by atoms with E-state index in [2.05, 4.69) is 24.3 Å². The first-order valence-corrected chi connectivity index (χ1v) is 9.72. The van der Waals surface area contributed by atoms with Crippen molar-refractivity contribution in [2.45, 2.75) is 50.2 Å². The lowest BCUT2D eigenvalue weighted by Gasteiger charge is -2.22. The van der Waals surface area contributed by atoms with E-state index < -0.39 is 5.97 Å². The van der Waals surface area contributed by atoms with Crippen LogP contribution in [0.1, 0.15) is 38.2 Å². The lowest BCUT2D eigenvalue weighted by molar-refractivity contribution is -0.161. The standard InChI is InChI=1S/C19H26O5S/c1-15(20)14-18(21)22-12-13-25-17-7-5-16(6-8-17)9-11-24-19-4-2-3-10-23-19/h5-8,19H,2-4,9-14H2,1H3. The third-order valence-electron chi connectivity index (χ3n) is 3.76. The van der Waals surface area contributed by atoms with Crippen molar-refractivity contribution in [3.63, 3.8) is 0 Å². The number of carbonyl (C=O) groups is 2. The molecule has 5 nitrogen and oxygen atoms in total. The Kier molecular flexibility index (Phi) is 9.00. The largest absolute Gasteiger partial charge is 0.464 e. The van der Waals surface area contributed by atoms with Crippen LogP contribution < -0.4 is 0 Å². The van der Waals surface area contributed by atoms with Gasteiger partial charge in [0.2, 0.25) is 0 Å². The highest BCUT2D eigenvalue weighted by Crippen LogP contribution is 2.19. The summed E-state index contributed by atoms with van der Waals surface area (Å²) in [5.74, 6) is 0.0446. The van der Waals surface area contributed by atoms with E-state index in [0.717, 1.165) is 30.8 Å². The third-order valence-corrected chi connectivity index (χ3v) is 4.74. The van der Waals surface area contributed by atoms with Gasteiger partial charge in [-0.3, -0.25) is 9.59 Å². The Balaban J connectivity index is 1.59. The van der Waals surface area contributed by atoms with Crippen LogP contribution in [-0.2, 0) is 30.2 Å². The summed E-state index contributed by atoms with van der Waals surface area (Å²) in [5.41, 5.74) is 1.23. The van der Waals surface area contributed by atoms with Gasteiger partial charge in [-0.15, -0.1) is 11.8 Å². The molecule has 1 heterocycles. The summed E-state index contributed by atoms with van der Waals surface area (Å²) in [7, 11) is 0. The first-order valence-electron chi connectivity index (χ1n) is 8.73. The smallest absolute Gasteiger partial charge is 0.313 e. The van der Waals surface area contributed by atoms with Crippen LogP contribution in [-0.4, -0.2) is 43.6 Å². The maximum absolute atomic E-state index is 11.3. The fourth-order valence-corrected chi connectivity index (χ4v) is 3.20. The summed E-state index contributed by atoms with van der Waals surface area (Å²) in [6.45, 7) is 3.17. The average Bonchev–Trinajstić information content (AvgIpc) is 2.60. The Bertz CT molecular complexity index is 537. The van der Waals surface area contributed by atoms with Crippen molar-refractivity contribution in [1.29, 1.82) is 0 Å². The molecule has 1 unspecified atom stereocenters. The van der Waals surface area contributed by atoms with Crippen molar-refractivity contribution in [3.8, 4) is 0 Å². The van der Waals surface area contributed by atoms with Crippen molar-refractivity contribution in [1.82, 2.24) is 0 Å². The Morgan fingerprint density at radius 2 is 2.00 bits per heavy atom. The molecule has 25 heavy (non-hydrogen) atoms. The zero-order chi connectivity index (χ0) is 17.9. The summed E-state index contributed by atoms with van der Waals surface area (Å²) < 4.78 is 16.3. The van der Waals surface area contributed by atoms with Crippen LogP contribution in [0.2, 0.25) is 0 Å². The number of esters is 1. The molecule has 0 N–H and O–H groups in total. The Labute approximate surface area is 153 Å². The molecule has 1 saturated heterocycles. The van der Waals surface area contributed by atoms with Gasteiger partial charge in [0.25, 0.3) is 0 Å².